The van der Waals surface area contributed by atoms with Gasteiger partial charge >= 0.3 is 31.4 Å². The number of rotatable bonds is 18. The van der Waals surface area contributed by atoms with Gasteiger partial charge < -0.3 is 29.3 Å². The quantitative estimate of drug-likeness (QED) is 0.117. The summed E-state index contributed by atoms with van der Waals surface area (Å²) in [4.78, 5) is 41.7. The molecule has 0 saturated heterocycles. The molecule has 0 aliphatic carbocycles. The summed E-state index contributed by atoms with van der Waals surface area (Å²) in [5.74, 6) is -4.04. The van der Waals surface area contributed by atoms with Crippen molar-refractivity contribution in [2.45, 2.75) is 90.9 Å². The zero-order chi connectivity index (χ0) is 24.5. The van der Waals surface area contributed by atoms with Crippen LogP contribution in [-0.4, -0.2) is 37.1 Å². The molecule has 0 radical (unpaired) electrons. The molecule has 0 aromatic heterocycles. The van der Waals surface area contributed by atoms with Gasteiger partial charge in [-0.05, 0) is 25.0 Å². The van der Waals surface area contributed by atoms with E-state index in [-0.39, 0.29) is 19.5 Å². The molecule has 0 heterocycles. The van der Waals surface area contributed by atoms with Gasteiger partial charge in [0, 0.05) is 12.2 Å². The fraction of sp³-hybridized carbons (Fsp3) is 0.667. The first-order valence-electron chi connectivity index (χ1n) is 11.4. The second kappa shape index (κ2) is 28.0. The molecule has 0 unspecified atom stereocenters. The van der Waals surface area contributed by atoms with Crippen molar-refractivity contribution < 1.29 is 58.3 Å². The van der Waals surface area contributed by atoms with E-state index in [0.717, 1.165) is 50.7 Å². The molecule has 0 rings (SSSR count). The van der Waals surface area contributed by atoms with Crippen molar-refractivity contribution in [3.63, 3.8) is 0 Å². The topological polar surface area (TPSA) is 133 Å². The Hall–Kier alpha value is -2.02. The summed E-state index contributed by atoms with van der Waals surface area (Å²) in [5, 5.41) is 19.9. The minimum Gasteiger partial charge on any atom is -0.545 e. The molecule has 0 spiro atoms. The first-order chi connectivity index (χ1) is 15.3. The van der Waals surface area contributed by atoms with Crippen LogP contribution in [0.15, 0.2) is 24.3 Å². The number of carboxylic acid groups (broad SMARTS) is 2. The fourth-order valence-electron chi connectivity index (χ4n) is 2.48. The third-order valence-electron chi connectivity index (χ3n) is 4.20. The van der Waals surface area contributed by atoms with Gasteiger partial charge in [-0.3, -0.25) is 0 Å². The van der Waals surface area contributed by atoms with Crippen LogP contribution >= 0.6 is 0 Å². The van der Waals surface area contributed by atoms with Gasteiger partial charge in [-0.2, -0.15) is 0 Å². The van der Waals surface area contributed by atoms with Crippen molar-refractivity contribution in [2.75, 3.05) is 13.2 Å². The maximum Gasteiger partial charge on any atom is 2.00 e. The van der Waals surface area contributed by atoms with Gasteiger partial charge in [0.1, 0.15) is 0 Å². The van der Waals surface area contributed by atoms with Crippen LogP contribution in [-0.2, 0) is 48.1 Å². The Morgan fingerprint density at radius 1 is 0.545 bits per heavy atom. The minimum atomic E-state index is -1.39. The zero-order valence-electron chi connectivity index (χ0n) is 20.2. The number of unbranched alkanes of at least 4 members (excludes halogenated alkanes) is 10. The maximum absolute atomic E-state index is 10.9. The van der Waals surface area contributed by atoms with Crippen molar-refractivity contribution in [1.29, 1.82) is 0 Å². The molecule has 0 atom stereocenters. The Morgan fingerprint density at radius 2 is 0.848 bits per heavy atom. The summed E-state index contributed by atoms with van der Waals surface area (Å²) < 4.78 is 9.56. The Balaban J connectivity index is -0.000000529. The molecule has 0 amide bonds. The van der Waals surface area contributed by atoms with Crippen molar-refractivity contribution in [1.82, 2.24) is 0 Å². The van der Waals surface area contributed by atoms with E-state index in [0.29, 0.717) is 25.4 Å². The van der Waals surface area contributed by atoms with E-state index in [2.05, 4.69) is 13.8 Å². The van der Waals surface area contributed by atoms with E-state index in [1.54, 1.807) is 0 Å². The molecule has 0 aromatic rings. The van der Waals surface area contributed by atoms with Gasteiger partial charge in [0.15, 0.2) is 0 Å². The Bertz CT molecular complexity index is 523. The van der Waals surface area contributed by atoms with Crippen molar-refractivity contribution in [3.8, 4) is 0 Å². The molecule has 0 aromatic carbocycles. The number of aliphatic carboxylic acids is 2. The van der Waals surface area contributed by atoms with Gasteiger partial charge in [0.2, 0.25) is 0 Å². The van der Waals surface area contributed by atoms with E-state index in [9.17, 15) is 29.4 Å². The summed E-state index contributed by atoms with van der Waals surface area (Å²) >= 11 is 0. The SMILES string of the molecule is CCCCCCCCOC(=O)/C=C/C(=O)[O-].CCCCCCCCOC(=O)/C=C/C(=O)[O-].[Zn+2]. The summed E-state index contributed by atoms with van der Waals surface area (Å²) in [6.45, 7) is 5.02. The van der Waals surface area contributed by atoms with E-state index < -0.39 is 23.9 Å². The molecule has 0 aliphatic rings. The van der Waals surface area contributed by atoms with Crippen molar-refractivity contribution in [3.05, 3.63) is 24.3 Å². The maximum atomic E-state index is 10.9. The summed E-state index contributed by atoms with van der Waals surface area (Å²) in [7, 11) is 0. The van der Waals surface area contributed by atoms with Gasteiger partial charge in [0.05, 0.1) is 25.2 Å². The first kappa shape index (κ1) is 35.6. The smallest absolute Gasteiger partial charge is 0.545 e. The first-order valence-corrected chi connectivity index (χ1v) is 11.4. The van der Waals surface area contributed by atoms with Crippen molar-refractivity contribution >= 4 is 23.9 Å². The van der Waals surface area contributed by atoms with Crippen LogP contribution in [0.25, 0.3) is 0 Å². The van der Waals surface area contributed by atoms with E-state index in [1.165, 1.54) is 38.5 Å². The van der Waals surface area contributed by atoms with Gasteiger partial charge in [0.25, 0.3) is 0 Å². The van der Waals surface area contributed by atoms with Crippen molar-refractivity contribution in [2.24, 2.45) is 0 Å². The molecule has 0 saturated carbocycles. The molecule has 0 N–H and O–H groups in total. The molecule has 0 aliphatic heterocycles. The predicted molar refractivity (Wildman–Crippen MR) is 117 cm³/mol. The predicted octanol–water partition coefficient (Wildman–Crippen LogP) is 2.39. The summed E-state index contributed by atoms with van der Waals surface area (Å²) in [6.07, 6.45) is 16.5. The Kier molecular flexibility index (Phi) is 30.2. The van der Waals surface area contributed by atoms with Crippen LogP contribution in [0.2, 0.25) is 0 Å². The zero-order valence-corrected chi connectivity index (χ0v) is 23.1. The molecule has 33 heavy (non-hydrogen) atoms. The number of esters is 2. The number of carboxylic acids is 2. The molecule has 184 valence electrons. The van der Waals surface area contributed by atoms with Crippen LogP contribution in [0.5, 0.6) is 0 Å². The summed E-state index contributed by atoms with van der Waals surface area (Å²) in [5.41, 5.74) is 0. The van der Waals surface area contributed by atoms with Gasteiger partial charge in [-0.15, -0.1) is 0 Å². The molecule has 9 heteroatoms. The third-order valence-corrected chi connectivity index (χ3v) is 4.20. The molecule has 0 bridgehead atoms. The molecule has 0 fully saturated rings. The largest absolute Gasteiger partial charge is 2.00 e. The van der Waals surface area contributed by atoms with E-state index >= 15 is 0 Å². The van der Waals surface area contributed by atoms with Crippen LogP contribution in [0, 0.1) is 0 Å². The Morgan fingerprint density at radius 3 is 1.15 bits per heavy atom. The number of ether oxygens (including phenoxy) is 2. The number of hydrogen-bond acceptors (Lipinski definition) is 8. The van der Waals surface area contributed by atoms with Gasteiger partial charge in [-0.25, -0.2) is 9.59 Å². The molecular weight excluding hydrogens is 482 g/mol. The monoisotopic (exact) mass is 518 g/mol. The third kappa shape index (κ3) is 34.8. The van der Waals surface area contributed by atoms with E-state index in [4.69, 9.17) is 9.47 Å². The fourth-order valence-corrected chi connectivity index (χ4v) is 2.48. The standard InChI is InChI=1S/2C12H20O4.Zn/c2*1-2-3-4-5-6-7-10-16-12(15)9-8-11(13)14;/h2*8-9H,2-7,10H2,1H3,(H,13,14);/q;;+2/p-2/b2*9-8+;. The second-order valence-electron chi connectivity index (χ2n) is 7.18. The van der Waals surface area contributed by atoms with Crippen LogP contribution in [0.4, 0.5) is 0 Å². The van der Waals surface area contributed by atoms with Crippen LogP contribution < -0.4 is 10.2 Å². The van der Waals surface area contributed by atoms with Crippen LogP contribution in [0.1, 0.15) is 90.9 Å². The number of carbonyl (C=O) groups is 4. The number of carbonyl (C=O) groups excluding carboxylic acids is 4. The second-order valence-corrected chi connectivity index (χ2v) is 7.18. The normalized spacial score (nSPS) is 10.2. The molecule has 8 nitrogen and oxygen atoms in total. The van der Waals surface area contributed by atoms with Crippen LogP contribution in [0.3, 0.4) is 0 Å². The van der Waals surface area contributed by atoms with Gasteiger partial charge in [-0.1, -0.05) is 78.1 Å². The minimum absolute atomic E-state index is 0. The average Bonchev–Trinajstić information content (AvgIpc) is 2.75. The average molecular weight is 520 g/mol. The number of hydrogen-bond donors (Lipinski definition) is 0. The van der Waals surface area contributed by atoms with E-state index in [1.807, 2.05) is 0 Å². The molecular formula is C24H38O8Zn. The summed E-state index contributed by atoms with van der Waals surface area (Å²) in [6, 6.07) is 0. The Labute approximate surface area is 210 Å².